The van der Waals surface area contributed by atoms with Crippen LogP contribution in [0, 0.1) is 0 Å². The summed E-state index contributed by atoms with van der Waals surface area (Å²) in [6.45, 7) is 2.89. The zero-order valence-corrected chi connectivity index (χ0v) is 12.2. The van der Waals surface area contributed by atoms with Crippen molar-refractivity contribution in [1.82, 2.24) is 10.3 Å². The van der Waals surface area contributed by atoms with Crippen LogP contribution < -0.4 is 14.8 Å². The number of nitrogens with zero attached hydrogens (tertiary/aromatic N) is 1. The Balaban J connectivity index is 2.04. The number of thiazole rings is 1. The average molecular weight is 278 g/mol. The van der Waals surface area contributed by atoms with Gasteiger partial charge in [-0.3, -0.25) is 0 Å². The Labute approximate surface area is 117 Å². The van der Waals surface area contributed by atoms with Gasteiger partial charge in [0, 0.05) is 24.2 Å². The summed E-state index contributed by atoms with van der Waals surface area (Å²) in [4.78, 5) is 4.25. The summed E-state index contributed by atoms with van der Waals surface area (Å²) in [5.41, 5.74) is 1.16. The Hall–Kier alpha value is -1.59. The molecule has 1 heterocycles. The van der Waals surface area contributed by atoms with Crippen molar-refractivity contribution in [3.8, 4) is 11.5 Å². The first kappa shape index (κ1) is 13.8. The fourth-order valence-electron chi connectivity index (χ4n) is 1.82. The van der Waals surface area contributed by atoms with E-state index in [-0.39, 0.29) is 6.04 Å². The first-order chi connectivity index (χ1) is 9.24. The highest BCUT2D eigenvalue weighted by Crippen LogP contribution is 2.29. The third-order valence-electron chi connectivity index (χ3n) is 2.95. The van der Waals surface area contributed by atoms with Crippen LogP contribution in [0.25, 0.3) is 0 Å². The molecule has 0 fully saturated rings. The van der Waals surface area contributed by atoms with E-state index in [0.29, 0.717) is 0 Å². The predicted molar refractivity (Wildman–Crippen MR) is 76.9 cm³/mol. The molecular weight excluding hydrogens is 260 g/mol. The highest BCUT2D eigenvalue weighted by Gasteiger charge is 2.10. The topological polar surface area (TPSA) is 43.4 Å². The maximum atomic E-state index is 5.31. The standard InChI is InChI=1S/C14H18N2O2S/c1-10(16-9-14-15-6-7-19-14)11-4-5-12(17-2)13(8-11)18-3/h4-8,10,16H,9H2,1-3H3. The molecule has 0 saturated heterocycles. The number of nitrogens with one attached hydrogen (secondary N) is 1. The highest BCUT2D eigenvalue weighted by atomic mass is 32.1. The molecule has 1 aromatic carbocycles. The van der Waals surface area contributed by atoms with E-state index < -0.39 is 0 Å². The van der Waals surface area contributed by atoms with Crippen LogP contribution in [0.5, 0.6) is 11.5 Å². The second-order valence-corrected chi connectivity index (χ2v) is 5.12. The normalized spacial score (nSPS) is 12.2. The molecule has 102 valence electrons. The third kappa shape index (κ3) is 3.45. The van der Waals surface area contributed by atoms with Crippen molar-refractivity contribution in [3.05, 3.63) is 40.3 Å². The van der Waals surface area contributed by atoms with Crippen molar-refractivity contribution in [3.63, 3.8) is 0 Å². The molecule has 2 rings (SSSR count). The van der Waals surface area contributed by atoms with Crippen molar-refractivity contribution >= 4 is 11.3 Å². The van der Waals surface area contributed by atoms with Gasteiger partial charge in [-0.2, -0.15) is 0 Å². The Kier molecular flexibility index (Phi) is 4.76. The number of benzene rings is 1. The van der Waals surface area contributed by atoms with Gasteiger partial charge in [0.05, 0.1) is 14.2 Å². The van der Waals surface area contributed by atoms with Crippen LogP contribution in [0.1, 0.15) is 23.5 Å². The minimum absolute atomic E-state index is 0.226. The first-order valence-corrected chi connectivity index (χ1v) is 6.96. The summed E-state index contributed by atoms with van der Waals surface area (Å²) < 4.78 is 10.6. The number of ether oxygens (including phenoxy) is 2. The molecule has 0 saturated carbocycles. The zero-order valence-electron chi connectivity index (χ0n) is 11.3. The lowest BCUT2D eigenvalue weighted by atomic mass is 10.1. The minimum atomic E-state index is 0.226. The van der Waals surface area contributed by atoms with Crippen LogP contribution in [0.15, 0.2) is 29.8 Å². The van der Waals surface area contributed by atoms with Gasteiger partial charge in [-0.05, 0) is 24.6 Å². The molecule has 1 N–H and O–H groups in total. The molecule has 0 aliphatic rings. The molecule has 0 amide bonds. The maximum Gasteiger partial charge on any atom is 0.161 e. The van der Waals surface area contributed by atoms with Crippen LogP contribution in [-0.4, -0.2) is 19.2 Å². The lowest BCUT2D eigenvalue weighted by Gasteiger charge is -2.15. The van der Waals surface area contributed by atoms with E-state index in [9.17, 15) is 0 Å². The number of methoxy groups -OCH3 is 2. The first-order valence-electron chi connectivity index (χ1n) is 6.08. The Morgan fingerprint density at radius 2 is 2.05 bits per heavy atom. The highest BCUT2D eigenvalue weighted by molar-refractivity contribution is 7.09. The van der Waals surface area contributed by atoms with Crippen LogP contribution >= 0.6 is 11.3 Å². The molecule has 0 spiro atoms. The van der Waals surface area contributed by atoms with Crippen LogP contribution in [0.3, 0.4) is 0 Å². The summed E-state index contributed by atoms with van der Waals surface area (Å²) in [6, 6.07) is 6.19. The van der Waals surface area contributed by atoms with Gasteiger partial charge >= 0.3 is 0 Å². The van der Waals surface area contributed by atoms with E-state index in [0.717, 1.165) is 28.6 Å². The summed E-state index contributed by atoms with van der Waals surface area (Å²) in [7, 11) is 3.29. The maximum absolute atomic E-state index is 5.31. The van der Waals surface area contributed by atoms with Crippen molar-refractivity contribution in [2.45, 2.75) is 19.5 Å². The van der Waals surface area contributed by atoms with Crippen LogP contribution in [0.2, 0.25) is 0 Å². The SMILES string of the molecule is COc1ccc(C(C)NCc2nccs2)cc1OC. The molecular formula is C14H18N2O2S. The summed E-state index contributed by atoms with van der Waals surface area (Å²) >= 11 is 1.66. The second-order valence-electron chi connectivity index (χ2n) is 4.14. The number of rotatable bonds is 6. The van der Waals surface area contributed by atoms with Crippen molar-refractivity contribution < 1.29 is 9.47 Å². The lowest BCUT2D eigenvalue weighted by Crippen LogP contribution is -2.18. The van der Waals surface area contributed by atoms with Crippen LogP contribution in [-0.2, 0) is 6.54 Å². The molecule has 0 bridgehead atoms. The van der Waals surface area contributed by atoms with Gasteiger partial charge < -0.3 is 14.8 Å². The molecule has 0 aliphatic carbocycles. The molecule has 5 heteroatoms. The largest absolute Gasteiger partial charge is 0.493 e. The molecule has 19 heavy (non-hydrogen) atoms. The van der Waals surface area contributed by atoms with Crippen molar-refractivity contribution in [1.29, 1.82) is 0 Å². The van der Waals surface area contributed by atoms with Crippen molar-refractivity contribution in [2.75, 3.05) is 14.2 Å². The van der Waals surface area contributed by atoms with E-state index in [1.165, 1.54) is 0 Å². The van der Waals surface area contributed by atoms with Gasteiger partial charge in [0.25, 0.3) is 0 Å². The van der Waals surface area contributed by atoms with Gasteiger partial charge in [-0.1, -0.05) is 6.07 Å². The van der Waals surface area contributed by atoms with Crippen molar-refractivity contribution in [2.24, 2.45) is 0 Å². The smallest absolute Gasteiger partial charge is 0.161 e. The zero-order chi connectivity index (χ0) is 13.7. The lowest BCUT2D eigenvalue weighted by molar-refractivity contribution is 0.354. The molecule has 1 aromatic heterocycles. The van der Waals surface area contributed by atoms with E-state index in [1.54, 1.807) is 25.6 Å². The monoisotopic (exact) mass is 278 g/mol. The summed E-state index contributed by atoms with van der Waals surface area (Å²) in [5.74, 6) is 1.50. The Morgan fingerprint density at radius 1 is 1.26 bits per heavy atom. The number of aromatic nitrogens is 1. The van der Waals surface area contributed by atoms with Gasteiger partial charge in [0.15, 0.2) is 11.5 Å². The van der Waals surface area contributed by atoms with E-state index in [4.69, 9.17) is 9.47 Å². The molecule has 2 aromatic rings. The summed E-state index contributed by atoms with van der Waals surface area (Å²) in [6.07, 6.45) is 1.82. The molecule has 4 nitrogen and oxygen atoms in total. The molecule has 1 atom stereocenters. The quantitative estimate of drug-likeness (QED) is 0.882. The average Bonchev–Trinajstić information content (AvgIpc) is 2.97. The third-order valence-corrected chi connectivity index (χ3v) is 3.73. The van der Waals surface area contributed by atoms with Gasteiger partial charge in [0.2, 0.25) is 0 Å². The fourth-order valence-corrected chi connectivity index (χ4v) is 2.39. The summed E-state index contributed by atoms with van der Waals surface area (Å²) in [5, 5.41) is 6.52. The Bertz CT molecular complexity index is 514. The van der Waals surface area contributed by atoms with E-state index in [2.05, 4.69) is 17.2 Å². The second kappa shape index (κ2) is 6.54. The number of hydrogen-bond acceptors (Lipinski definition) is 5. The number of hydrogen-bond donors (Lipinski definition) is 1. The van der Waals surface area contributed by atoms with Crippen LogP contribution in [0.4, 0.5) is 0 Å². The van der Waals surface area contributed by atoms with Gasteiger partial charge in [0.1, 0.15) is 5.01 Å². The Morgan fingerprint density at radius 3 is 2.68 bits per heavy atom. The minimum Gasteiger partial charge on any atom is -0.493 e. The molecule has 0 radical (unpaired) electrons. The van der Waals surface area contributed by atoms with Gasteiger partial charge in [-0.15, -0.1) is 11.3 Å². The predicted octanol–water partition coefficient (Wildman–Crippen LogP) is 3.01. The molecule has 1 unspecified atom stereocenters. The van der Waals surface area contributed by atoms with E-state index >= 15 is 0 Å². The fraction of sp³-hybridized carbons (Fsp3) is 0.357. The van der Waals surface area contributed by atoms with E-state index in [1.807, 2.05) is 29.8 Å². The van der Waals surface area contributed by atoms with Gasteiger partial charge in [-0.25, -0.2) is 4.98 Å². The molecule has 0 aliphatic heterocycles.